The van der Waals surface area contributed by atoms with Gasteiger partial charge in [0.2, 0.25) is 0 Å². The van der Waals surface area contributed by atoms with Crippen molar-refractivity contribution in [3.63, 3.8) is 0 Å². The van der Waals surface area contributed by atoms with Crippen molar-refractivity contribution >= 4 is 9.44 Å². The molecule has 0 aromatic rings. The first-order valence-electron chi connectivity index (χ1n) is 5.26. The maximum Gasteiger partial charge on any atom is 0.0700 e. The van der Waals surface area contributed by atoms with E-state index >= 15 is 0 Å². The van der Waals surface area contributed by atoms with Gasteiger partial charge in [0, 0.05) is 12.9 Å². The molecule has 0 heterocycles. The Morgan fingerprint density at radius 1 is 1.07 bits per heavy atom. The fourth-order valence-corrected chi connectivity index (χ4v) is 3.55. The van der Waals surface area contributed by atoms with Gasteiger partial charge >= 0.3 is 0 Å². The minimum atomic E-state index is -0.613. The molecular weight excluding hydrogens is 196 g/mol. The number of methoxy groups -OCH3 is 1. The highest BCUT2D eigenvalue weighted by molar-refractivity contribution is 8.24. The van der Waals surface area contributed by atoms with Gasteiger partial charge in [-0.15, -0.1) is 5.18 Å². The Morgan fingerprint density at radius 2 is 1.71 bits per heavy atom. The minimum Gasteiger partial charge on any atom is -0.382 e. The fourth-order valence-electron chi connectivity index (χ4n) is 1.35. The second-order valence-corrected chi connectivity index (χ2v) is 7.20. The van der Waals surface area contributed by atoms with Gasteiger partial charge in [-0.25, -0.2) is 0 Å². The Bertz CT molecular complexity index is 224. The Balaban J connectivity index is 3.78. The maximum absolute atomic E-state index is 5.49. The third kappa shape index (κ3) is 5.06. The molecule has 14 heavy (non-hydrogen) atoms. The van der Waals surface area contributed by atoms with E-state index in [0.717, 1.165) is 12.4 Å². The normalized spacial score (nSPS) is 11.4. The van der Waals surface area contributed by atoms with Crippen molar-refractivity contribution in [1.82, 2.24) is 0 Å². The van der Waals surface area contributed by atoms with E-state index in [2.05, 4.69) is 26.0 Å². The van der Waals surface area contributed by atoms with E-state index in [0.29, 0.717) is 13.2 Å². The van der Waals surface area contributed by atoms with E-state index in [9.17, 15) is 0 Å². The van der Waals surface area contributed by atoms with E-state index in [1.807, 2.05) is 0 Å². The molecule has 0 saturated carbocycles. The van der Waals surface area contributed by atoms with Crippen LogP contribution in [0.2, 0.25) is 0 Å². The van der Waals surface area contributed by atoms with Gasteiger partial charge in [0.25, 0.3) is 0 Å². The second-order valence-electron chi connectivity index (χ2n) is 3.14. The van der Waals surface area contributed by atoms with Crippen LogP contribution in [0, 0.1) is 5.18 Å². The molecule has 0 spiro atoms. The summed E-state index contributed by atoms with van der Waals surface area (Å²) in [7, 11) is 1.09. The van der Waals surface area contributed by atoms with Crippen LogP contribution in [0.5, 0.6) is 0 Å². The van der Waals surface area contributed by atoms with Crippen molar-refractivity contribution in [2.24, 2.45) is 0 Å². The lowest BCUT2D eigenvalue weighted by Gasteiger charge is -2.21. The average Bonchev–Trinajstić information content (AvgIpc) is 2.24. The molecule has 0 radical (unpaired) electrons. The molecule has 0 N–H and O–H groups in total. The molecule has 0 bridgehead atoms. The summed E-state index contributed by atoms with van der Waals surface area (Å²) < 4.78 is 10.4. The first kappa shape index (κ1) is 14.1. The molecule has 0 fully saturated rings. The largest absolute Gasteiger partial charge is 0.382 e. The molecular formula is C11H24O2S. The highest BCUT2D eigenvalue weighted by Gasteiger charge is 2.05. The van der Waals surface area contributed by atoms with Gasteiger partial charge in [0.05, 0.1) is 19.8 Å². The van der Waals surface area contributed by atoms with Crippen LogP contribution in [0.3, 0.4) is 0 Å². The van der Waals surface area contributed by atoms with Gasteiger partial charge in [-0.05, 0) is 18.4 Å². The molecule has 0 atom stereocenters. The molecule has 0 aromatic heterocycles. The second kappa shape index (κ2) is 8.37. The molecule has 0 saturated heterocycles. The first-order chi connectivity index (χ1) is 6.74. The smallest absolute Gasteiger partial charge is 0.0700 e. The lowest BCUT2D eigenvalue weighted by atomic mass is 10.7. The van der Waals surface area contributed by atoms with Gasteiger partial charge in [-0.1, -0.05) is 13.8 Å². The van der Waals surface area contributed by atoms with Crippen molar-refractivity contribution in [3.8, 4) is 5.18 Å². The molecule has 0 aromatic carbocycles. The fraction of sp³-hybridized carbons (Fsp3) is 0.909. The summed E-state index contributed by atoms with van der Waals surface area (Å²) in [6.45, 7) is 8.83. The Kier molecular flexibility index (Phi) is 8.40. The van der Waals surface area contributed by atoms with Gasteiger partial charge in [0.15, 0.2) is 0 Å². The van der Waals surface area contributed by atoms with E-state index in [1.54, 1.807) is 7.11 Å². The number of ether oxygens (including phenoxy) is 2. The quantitative estimate of drug-likeness (QED) is 0.663. The van der Waals surface area contributed by atoms with Gasteiger partial charge in [-0.2, -0.15) is 9.44 Å². The van der Waals surface area contributed by atoms with E-state index in [-0.39, 0.29) is 0 Å². The van der Waals surface area contributed by atoms with Crippen molar-refractivity contribution in [1.29, 1.82) is 0 Å². The third-order valence-electron chi connectivity index (χ3n) is 2.59. The van der Waals surface area contributed by atoms with Crippen molar-refractivity contribution < 1.29 is 9.47 Å². The van der Waals surface area contributed by atoms with Crippen LogP contribution >= 0.6 is 9.44 Å². The van der Waals surface area contributed by atoms with Crippen LogP contribution in [0.4, 0.5) is 0 Å². The minimum absolute atomic E-state index is 0.613. The SMILES string of the molecule is CC#S(CC)(CC)CCOCCOC. The standard InChI is InChI=1S/C11H24O2S/c1-5-14(6-2,7-3)11-10-13-9-8-12-4/h5-6,8-11H2,1-4H3. The molecule has 0 rings (SSSR count). The van der Waals surface area contributed by atoms with E-state index in [4.69, 9.17) is 9.47 Å². The zero-order chi connectivity index (χ0) is 10.9. The Morgan fingerprint density at radius 3 is 2.14 bits per heavy atom. The first-order valence-corrected chi connectivity index (χ1v) is 7.40. The van der Waals surface area contributed by atoms with Crippen LogP contribution in [0.25, 0.3) is 0 Å². The molecule has 0 aliphatic heterocycles. The predicted octanol–water partition coefficient (Wildman–Crippen LogP) is 2.47. The number of rotatable bonds is 5. The summed E-state index contributed by atoms with van der Waals surface area (Å²) in [6, 6.07) is 0. The average molecular weight is 220 g/mol. The molecule has 0 aliphatic rings. The van der Waals surface area contributed by atoms with Crippen LogP contribution in [0.1, 0.15) is 20.8 Å². The van der Waals surface area contributed by atoms with Crippen LogP contribution in [0.15, 0.2) is 0 Å². The highest BCUT2D eigenvalue weighted by Crippen LogP contribution is 2.31. The van der Waals surface area contributed by atoms with Crippen molar-refractivity contribution in [2.75, 3.05) is 44.2 Å². The van der Waals surface area contributed by atoms with Crippen molar-refractivity contribution in [2.45, 2.75) is 20.8 Å². The summed E-state index contributed by atoms with van der Waals surface area (Å²) >= 11 is 0. The summed E-state index contributed by atoms with van der Waals surface area (Å²) in [4.78, 5) is 0. The number of hydrogen-bond donors (Lipinski definition) is 0. The van der Waals surface area contributed by atoms with E-state index < -0.39 is 9.44 Å². The van der Waals surface area contributed by atoms with Crippen LogP contribution in [-0.2, 0) is 9.47 Å². The lowest BCUT2D eigenvalue weighted by molar-refractivity contribution is 0.0789. The zero-order valence-corrected chi connectivity index (χ0v) is 10.8. The Labute approximate surface area is 89.5 Å². The third-order valence-corrected chi connectivity index (χ3v) is 6.61. The monoisotopic (exact) mass is 220 g/mol. The van der Waals surface area contributed by atoms with Gasteiger partial charge in [-0.3, -0.25) is 0 Å². The zero-order valence-electron chi connectivity index (χ0n) is 9.97. The van der Waals surface area contributed by atoms with E-state index in [1.165, 1.54) is 11.5 Å². The van der Waals surface area contributed by atoms with Crippen molar-refractivity contribution in [3.05, 3.63) is 0 Å². The lowest BCUT2D eigenvalue weighted by Crippen LogP contribution is -2.09. The highest BCUT2D eigenvalue weighted by atomic mass is 32.2. The predicted molar refractivity (Wildman–Crippen MR) is 65.8 cm³/mol. The van der Waals surface area contributed by atoms with Gasteiger partial charge in [0.1, 0.15) is 0 Å². The Hall–Kier alpha value is 0.0500. The molecule has 0 amide bonds. The van der Waals surface area contributed by atoms with Crippen LogP contribution in [-0.4, -0.2) is 44.2 Å². The molecule has 2 nitrogen and oxygen atoms in total. The molecule has 0 aliphatic carbocycles. The number of hydrogen-bond acceptors (Lipinski definition) is 2. The summed E-state index contributed by atoms with van der Waals surface area (Å²) in [6.07, 6.45) is 0. The molecule has 3 heteroatoms. The summed E-state index contributed by atoms with van der Waals surface area (Å²) in [5, 5.41) is 3.48. The summed E-state index contributed by atoms with van der Waals surface area (Å²) in [5.74, 6) is 3.61. The molecule has 86 valence electrons. The maximum atomic E-state index is 5.49. The van der Waals surface area contributed by atoms with Crippen LogP contribution < -0.4 is 0 Å². The molecule has 0 unspecified atom stereocenters. The van der Waals surface area contributed by atoms with Gasteiger partial charge < -0.3 is 9.47 Å². The summed E-state index contributed by atoms with van der Waals surface area (Å²) in [5.41, 5.74) is 0. The topological polar surface area (TPSA) is 18.5 Å².